The Morgan fingerprint density at radius 1 is 1.40 bits per heavy atom. The van der Waals surface area contributed by atoms with Crippen LogP contribution in [0.5, 0.6) is 0 Å². The van der Waals surface area contributed by atoms with Crippen LogP contribution in [0.25, 0.3) is 0 Å². The largest absolute Gasteiger partial charge is 0.212 e. The molecule has 0 heterocycles. The molecule has 0 radical (unpaired) electrons. The van der Waals surface area contributed by atoms with Crippen LogP contribution in [0.1, 0.15) is 41.0 Å². The van der Waals surface area contributed by atoms with Gasteiger partial charge < -0.3 is 0 Å². The minimum absolute atomic E-state index is 0.121. The van der Waals surface area contributed by atoms with Gasteiger partial charge in [0.2, 0.25) is 0 Å². The predicted octanol–water partition coefficient (Wildman–Crippen LogP) is 3.04. The fraction of sp³-hybridized carbons (Fsp3) is 1.00. The van der Waals surface area contributed by atoms with E-state index in [0.29, 0.717) is 6.04 Å². The first kappa shape index (κ1) is 10.2. The maximum atomic E-state index is 6.04. The molecule has 0 aliphatic rings. The van der Waals surface area contributed by atoms with Crippen molar-refractivity contribution in [2.45, 2.75) is 52.6 Å². The van der Waals surface area contributed by atoms with Crippen LogP contribution in [0.15, 0.2) is 0 Å². The summed E-state index contributed by atoms with van der Waals surface area (Å²) in [6.07, 6.45) is 1.08. The van der Waals surface area contributed by atoms with Crippen molar-refractivity contribution in [3.05, 3.63) is 0 Å². The Bertz CT molecular complexity index is 99.4. The molecule has 0 fully saturated rings. The number of hydrogen-bond acceptors (Lipinski definition) is 1. The van der Waals surface area contributed by atoms with Crippen molar-refractivity contribution in [3.63, 3.8) is 0 Å². The van der Waals surface area contributed by atoms with Gasteiger partial charge in [0.25, 0.3) is 0 Å². The third kappa shape index (κ3) is 2.47. The summed E-state index contributed by atoms with van der Waals surface area (Å²) in [5.74, 6) is 0. The summed E-state index contributed by atoms with van der Waals surface area (Å²) in [6.45, 7) is 10.7. The molecular formula is C8H18ClN. The van der Waals surface area contributed by atoms with E-state index in [1.807, 2.05) is 4.42 Å². The molecule has 0 aliphatic heterocycles. The second-order valence-electron chi connectivity index (χ2n) is 3.57. The second-order valence-corrected chi connectivity index (χ2v) is 3.94. The molecule has 10 heavy (non-hydrogen) atoms. The third-order valence-corrected chi connectivity index (χ3v) is 2.74. The van der Waals surface area contributed by atoms with Crippen LogP contribution in [0.3, 0.4) is 0 Å². The fourth-order valence-electron chi connectivity index (χ4n) is 0.850. The first-order valence-electron chi connectivity index (χ1n) is 3.87. The van der Waals surface area contributed by atoms with Gasteiger partial charge in [-0.25, -0.2) is 4.42 Å². The van der Waals surface area contributed by atoms with E-state index in [2.05, 4.69) is 34.6 Å². The van der Waals surface area contributed by atoms with Gasteiger partial charge in [-0.05, 0) is 45.9 Å². The molecule has 0 amide bonds. The highest BCUT2D eigenvalue weighted by Gasteiger charge is 2.24. The van der Waals surface area contributed by atoms with Crippen LogP contribution in [-0.4, -0.2) is 16.0 Å². The van der Waals surface area contributed by atoms with Gasteiger partial charge in [-0.1, -0.05) is 6.92 Å². The fourth-order valence-corrected chi connectivity index (χ4v) is 0.970. The van der Waals surface area contributed by atoms with Crippen molar-refractivity contribution in [2.75, 3.05) is 0 Å². The lowest BCUT2D eigenvalue weighted by molar-refractivity contribution is 0.192. The van der Waals surface area contributed by atoms with E-state index in [1.54, 1.807) is 0 Å². The molecule has 0 aromatic carbocycles. The Kier molecular flexibility index (Phi) is 3.68. The molecule has 0 bridgehead atoms. The van der Waals surface area contributed by atoms with Crippen LogP contribution in [0, 0.1) is 0 Å². The summed E-state index contributed by atoms with van der Waals surface area (Å²) in [6, 6.07) is 0.414. The molecule has 0 aliphatic carbocycles. The van der Waals surface area contributed by atoms with Crippen LogP contribution < -0.4 is 0 Å². The molecule has 62 valence electrons. The van der Waals surface area contributed by atoms with Crippen molar-refractivity contribution in [1.82, 2.24) is 4.42 Å². The quantitative estimate of drug-likeness (QED) is 0.579. The monoisotopic (exact) mass is 163 g/mol. The zero-order valence-electron chi connectivity index (χ0n) is 7.61. The lowest BCUT2D eigenvalue weighted by atomic mass is 10.0. The molecule has 0 aromatic rings. The molecule has 0 atom stereocenters. The van der Waals surface area contributed by atoms with E-state index < -0.39 is 0 Å². The Morgan fingerprint density at radius 2 is 1.80 bits per heavy atom. The highest BCUT2D eigenvalue weighted by Crippen LogP contribution is 2.22. The molecule has 0 unspecified atom stereocenters. The number of nitrogens with zero attached hydrogens (tertiary/aromatic N) is 1. The van der Waals surface area contributed by atoms with Gasteiger partial charge in [-0.15, -0.1) is 0 Å². The number of hydrogen-bond donors (Lipinski definition) is 0. The van der Waals surface area contributed by atoms with E-state index >= 15 is 0 Å². The molecule has 0 rings (SSSR count). The number of halogens is 1. The average Bonchev–Trinajstić information content (AvgIpc) is 1.86. The first-order chi connectivity index (χ1) is 4.41. The zero-order valence-corrected chi connectivity index (χ0v) is 8.37. The first-order valence-corrected chi connectivity index (χ1v) is 4.20. The third-order valence-electron chi connectivity index (χ3n) is 1.90. The summed E-state index contributed by atoms with van der Waals surface area (Å²) in [7, 11) is 0. The topological polar surface area (TPSA) is 3.24 Å². The van der Waals surface area contributed by atoms with Gasteiger partial charge >= 0.3 is 0 Å². The van der Waals surface area contributed by atoms with E-state index in [-0.39, 0.29) is 5.54 Å². The molecule has 0 N–H and O–H groups in total. The van der Waals surface area contributed by atoms with Crippen LogP contribution >= 0.6 is 11.8 Å². The SMILES string of the molecule is CCC(C)(C)N(Cl)C(C)C. The Morgan fingerprint density at radius 3 is 1.90 bits per heavy atom. The molecule has 0 aromatic heterocycles. The van der Waals surface area contributed by atoms with E-state index in [9.17, 15) is 0 Å². The normalized spacial score (nSPS) is 13.2. The summed E-state index contributed by atoms with van der Waals surface area (Å²) in [4.78, 5) is 0. The molecule has 0 saturated heterocycles. The van der Waals surface area contributed by atoms with E-state index in [4.69, 9.17) is 11.8 Å². The predicted molar refractivity (Wildman–Crippen MR) is 47.2 cm³/mol. The maximum Gasteiger partial charge on any atom is 0.0306 e. The maximum absolute atomic E-state index is 6.04. The van der Waals surface area contributed by atoms with Gasteiger partial charge in [0.15, 0.2) is 0 Å². The van der Waals surface area contributed by atoms with Crippen molar-refractivity contribution < 1.29 is 0 Å². The minimum atomic E-state index is 0.121. The van der Waals surface area contributed by atoms with Gasteiger partial charge in [-0.3, -0.25) is 0 Å². The van der Waals surface area contributed by atoms with Gasteiger partial charge in [-0.2, -0.15) is 0 Å². The highest BCUT2D eigenvalue weighted by molar-refractivity contribution is 6.14. The van der Waals surface area contributed by atoms with Crippen molar-refractivity contribution >= 4 is 11.8 Å². The molecule has 0 saturated carbocycles. The highest BCUT2D eigenvalue weighted by atomic mass is 35.5. The zero-order chi connectivity index (χ0) is 8.36. The summed E-state index contributed by atoms with van der Waals surface area (Å²) < 4.78 is 1.88. The average molecular weight is 164 g/mol. The van der Waals surface area contributed by atoms with E-state index in [0.717, 1.165) is 6.42 Å². The minimum Gasteiger partial charge on any atom is -0.212 e. The van der Waals surface area contributed by atoms with Gasteiger partial charge in [0.1, 0.15) is 0 Å². The smallest absolute Gasteiger partial charge is 0.0306 e. The molecule has 1 nitrogen and oxygen atoms in total. The summed E-state index contributed by atoms with van der Waals surface area (Å²) in [5.41, 5.74) is 0.121. The van der Waals surface area contributed by atoms with Crippen LogP contribution in [0.4, 0.5) is 0 Å². The number of rotatable bonds is 3. The Balaban J connectivity index is 4.03. The lowest BCUT2D eigenvalue weighted by Gasteiger charge is -2.34. The van der Waals surface area contributed by atoms with Crippen molar-refractivity contribution in [3.8, 4) is 0 Å². The standard InChI is InChI=1S/C8H18ClN/c1-6-8(4,5)10(9)7(2)3/h7H,6H2,1-5H3. The van der Waals surface area contributed by atoms with Gasteiger partial charge in [0, 0.05) is 11.6 Å². The molecule has 2 heteroatoms. The Labute approximate surface area is 69.5 Å². The van der Waals surface area contributed by atoms with E-state index in [1.165, 1.54) is 0 Å². The summed E-state index contributed by atoms with van der Waals surface area (Å²) >= 11 is 6.04. The van der Waals surface area contributed by atoms with Crippen LogP contribution in [0.2, 0.25) is 0 Å². The lowest BCUT2D eigenvalue weighted by Crippen LogP contribution is -2.40. The van der Waals surface area contributed by atoms with Gasteiger partial charge in [0.05, 0.1) is 0 Å². The molecule has 0 spiro atoms. The summed E-state index contributed by atoms with van der Waals surface area (Å²) in [5, 5.41) is 0. The van der Waals surface area contributed by atoms with Crippen LogP contribution in [-0.2, 0) is 0 Å². The second kappa shape index (κ2) is 3.59. The molecular weight excluding hydrogens is 146 g/mol. The Hall–Kier alpha value is 0.250. The van der Waals surface area contributed by atoms with Crippen molar-refractivity contribution in [1.29, 1.82) is 0 Å². The van der Waals surface area contributed by atoms with Crippen molar-refractivity contribution in [2.24, 2.45) is 0 Å².